The molecule has 1 unspecified atom stereocenters. The molecule has 0 aromatic heterocycles. The van der Waals surface area contributed by atoms with Gasteiger partial charge in [-0.25, -0.2) is 0 Å². The summed E-state index contributed by atoms with van der Waals surface area (Å²) in [6.07, 6.45) is 1.43. The van der Waals surface area contributed by atoms with E-state index in [9.17, 15) is 19.5 Å². The second kappa shape index (κ2) is 10.7. The van der Waals surface area contributed by atoms with Gasteiger partial charge >= 0.3 is 0 Å². The molecule has 8 heteroatoms. The number of rotatable bonds is 7. The number of amides is 3. The predicted molar refractivity (Wildman–Crippen MR) is 128 cm³/mol. The average molecular weight is 466 g/mol. The number of benzene rings is 2. The quantitative estimate of drug-likeness (QED) is 0.613. The Kier molecular flexibility index (Phi) is 7.47. The SMILES string of the molecule is CC(=O)NCCCOc1ccc(C(=O)N2CCC(N3C(=O)CC(O)c4ccccc43)CC2)cc1. The fourth-order valence-electron chi connectivity index (χ4n) is 4.63. The lowest BCUT2D eigenvalue weighted by atomic mass is 9.93. The molecule has 2 aliphatic rings. The monoisotopic (exact) mass is 465 g/mol. The molecule has 0 radical (unpaired) electrons. The highest BCUT2D eigenvalue weighted by Crippen LogP contribution is 2.37. The van der Waals surface area contributed by atoms with Gasteiger partial charge in [-0.1, -0.05) is 18.2 Å². The first-order valence-electron chi connectivity index (χ1n) is 11.8. The number of para-hydroxylation sites is 1. The van der Waals surface area contributed by atoms with Gasteiger partial charge in [-0.05, 0) is 49.6 Å². The Morgan fingerprint density at radius 1 is 1.09 bits per heavy atom. The predicted octanol–water partition coefficient (Wildman–Crippen LogP) is 2.67. The average Bonchev–Trinajstić information content (AvgIpc) is 2.84. The van der Waals surface area contributed by atoms with Gasteiger partial charge in [-0.3, -0.25) is 14.4 Å². The van der Waals surface area contributed by atoms with Gasteiger partial charge in [0.05, 0.1) is 19.1 Å². The molecule has 0 bridgehead atoms. The summed E-state index contributed by atoms with van der Waals surface area (Å²) in [6.45, 7) is 3.67. The van der Waals surface area contributed by atoms with Crippen LogP contribution in [0.25, 0.3) is 0 Å². The molecule has 3 amide bonds. The van der Waals surface area contributed by atoms with Crippen molar-refractivity contribution in [2.75, 3.05) is 31.1 Å². The van der Waals surface area contributed by atoms with Crippen LogP contribution in [0.3, 0.4) is 0 Å². The molecule has 0 spiro atoms. The number of carbonyl (C=O) groups is 3. The number of nitrogens with one attached hydrogen (secondary N) is 1. The number of anilines is 1. The van der Waals surface area contributed by atoms with Crippen molar-refractivity contribution in [3.63, 3.8) is 0 Å². The number of carbonyl (C=O) groups excluding carboxylic acids is 3. The van der Waals surface area contributed by atoms with Crippen molar-refractivity contribution in [3.05, 3.63) is 59.7 Å². The van der Waals surface area contributed by atoms with Gasteiger partial charge in [0.1, 0.15) is 5.75 Å². The second-order valence-corrected chi connectivity index (χ2v) is 8.78. The standard InChI is InChI=1S/C26H31N3O5/c1-18(30)27-13-4-16-34-21-9-7-19(8-10-21)26(33)28-14-11-20(12-15-28)29-23-6-3-2-5-22(23)24(31)17-25(29)32/h2-3,5-10,20,24,31H,4,11-17H2,1H3,(H,27,30). The number of aliphatic hydroxyl groups excluding tert-OH is 1. The van der Waals surface area contributed by atoms with Crippen molar-refractivity contribution in [2.45, 2.75) is 44.8 Å². The first-order chi connectivity index (χ1) is 16.4. The molecule has 2 aromatic carbocycles. The van der Waals surface area contributed by atoms with Crippen LogP contribution in [0, 0.1) is 0 Å². The molecule has 180 valence electrons. The molecular weight excluding hydrogens is 434 g/mol. The molecule has 1 atom stereocenters. The van der Waals surface area contributed by atoms with Crippen LogP contribution in [0.4, 0.5) is 5.69 Å². The summed E-state index contributed by atoms with van der Waals surface area (Å²) in [5.41, 5.74) is 2.17. The number of nitrogens with zero attached hydrogens (tertiary/aromatic N) is 2. The number of aliphatic hydroxyl groups is 1. The van der Waals surface area contributed by atoms with Crippen LogP contribution in [0.15, 0.2) is 48.5 Å². The van der Waals surface area contributed by atoms with Crippen LogP contribution in [0.1, 0.15) is 54.6 Å². The number of hydrogen-bond donors (Lipinski definition) is 2. The Morgan fingerprint density at radius 3 is 2.50 bits per heavy atom. The van der Waals surface area contributed by atoms with E-state index >= 15 is 0 Å². The molecule has 2 N–H and O–H groups in total. The molecule has 0 saturated carbocycles. The van der Waals surface area contributed by atoms with E-state index in [0.29, 0.717) is 56.8 Å². The van der Waals surface area contributed by atoms with Crippen molar-refractivity contribution in [2.24, 2.45) is 0 Å². The second-order valence-electron chi connectivity index (χ2n) is 8.78. The fourth-order valence-corrected chi connectivity index (χ4v) is 4.63. The van der Waals surface area contributed by atoms with E-state index in [2.05, 4.69) is 5.32 Å². The maximum absolute atomic E-state index is 13.0. The van der Waals surface area contributed by atoms with E-state index in [4.69, 9.17) is 4.74 Å². The first kappa shape index (κ1) is 23.8. The number of ether oxygens (including phenoxy) is 1. The Bertz CT molecular complexity index is 1030. The molecule has 2 aliphatic heterocycles. The van der Waals surface area contributed by atoms with Crippen LogP contribution in [-0.2, 0) is 9.59 Å². The number of likely N-dealkylation sites (tertiary alicyclic amines) is 1. The number of hydrogen-bond acceptors (Lipinski definition) is 5. The van der Waals surface area contributed by atoms with Crippen LogP contribution < -0.4 is 15.0 Å². The van der Waals surface area contributed by atoms with Gasteiger partial charge in [0.15, 0.2) is 0 Å². The van der Waals surface area contributed by atoms with Crippen LogP contribution in [0.2, 0.25) is 0 Å². The van der Waals surface area contributed by atoms with E-state index in [1.54, 1.807) is 24.3 Å². The minimum absolute atomic E-state index is 0.0125. The first-order valence-corrected chi connectivity index (χ1v) is 11.8. The fraction of sp³-hybridized carbons (Fsp3) is 0.423. The van der Waals surface area contributed by atoms with Crippen LogP contribution >= 0.6 is 0 Å². The summed E-state index contributed by atoms with van der Waals surface area (Å²) >= 11 is 0. The molecule has 1 fully saturated rings. The van der Waals surface area contributed by atoms with E-state index < -0.39 is 6.10 Å². The number of piperidine rings is 1. The lowest BCUT2D eigenvalue weighted by Gasteiger charge is -2.41. The largest absolute Gasteiger partial charge is 0.494 e. The zero-order valence-electron chi connectivity index (χ0n) is 19.4. The molecule has 2 heterocycles. The third-order valence-electron chi connectivity index (χ3n) is 6.37. The molecular formula is C26H31N3O5. The zero-order chi connectivity index (χ0) is 24.1. The highest BCUT2D eigenvalue weighted by Gasteiger charge is 2.36. The normalized spacial score (nSPS) is 18.4. The molecule has 0 aliphatic carbocycles. The minimum Gasteiger partial charge on any atom is -0.494 e. The van der Waals surface area contributed by atoms with Gasteiger partial charge < -0.3 is 25.0 Å². The van der Waals surface area contributed by atoms with E-state index in [1.807, 2.05) is 34.1 Å². The van der Waals surface area contributed by atoms with Crippen molar-refractivity contribution >= 4 is 23.4 Å². The van der Waals surface area contributed by atoms with Crippen molar-refractivity contribution < 1.29 is 24.2 Å². The highest BCUT2D eigenvalue weighted by atomic mass is 16.5. The summed E-state index contributed by atoms with van der Waals surface area (Å²) < 4.78 is 5.66. The van der Waals surface area contributed by atoms with E-state index in [-0.39, 0.29) is 30.2 Å². The Labute approximate surface area is 199 Å². The van der Waals surface area contributed by atoms with Crippen molar-refractivity contribution in [1.82, 2.24) is 10.2 Å². The van der Waals surface area contributed by atoms with Gasteiger partial charge in [-0.2, -0.15) is 0 Å². The summed E-state index contributed by atoms with van der Waals surface area (Å²) in [4.78, 5) is 40.2. The number of fused-ring (bicyclic) bond motifs is 1. The maximum Gasteiger partial charge on any atom is 0.253 e. The van der Waals surface area contributed by atoms with Gasteiger partial charge in [0, 0.05) is 49.4 Å². The molecule has 34 heavy (non-hydrogen) atoms. The van der Waals surface area contributed by atoms with Gasteiger partial charge in [0.25, 0.3) is 5.91 Å². The molecule has 2 aromatic rings. The topological polar surface area (TPSA) is 99.2 Å². The minimum atomic E-state index is -0.759. The summed E-state index contributed by atoms with van der Waals surface area (Å²) in [6, 6.07) is 14.6. The summed E-state index contributed by atoms with van der Waals surface area (Å²) in [5, 5.41) is 13.0. The zero-order valence-corrected chi connectivity index (χ0v) is 19.4. The maximum atomic E-state index is 13.0. The summed E-state index contributed by atoms with van der Waals surface area (Å²) in [7, 11) is 0. The third-order valence-corrected chi connectivity index (χ3v) is 6.37. The Morgan fingerprint density at radius 2 is 1.79 bits per heavy atom. The summed E-state index contributed by atoms with van der Waals surface area (Å²) in [5.74, 6) is 0.528. The van der Waals surface area contributed by atoms with Gasteiger partial charge in [0.2, 0.25) is 11.8 Å². The van der Waals surface area contributed by atoms with Gasteiger partial charge in [-0.15, -0.1) is 0 Å². The van der Waals surface area contributed by atoms with Crippen molar-refractivity contribution in [3.8, 4) is 5.75 Å². The Balaban J connectivity index is 1.30. The lowest BCUT2D eigenvalue weighted by Crippen LogP contribution is -2.50. The van der Waals surface area contributed by atoms with Crippen LogP contribution in [0.5, 0.6) is 5.75 Å². The third kappa shape index (κ3) is 5.39. The highest BCUT2D eigenvalue weighted by molar-refractivity contribution is 5.98. The van der Waals surface area contributed by atoms with Crippen LogP contribution in [-0.4, -0.2) is 60.0 Å². The van der Waals surface area contributed by atoms with Crippen molar-refractivity contribution in [1.29, 1.82) is 0 Å². The van der Waals surface area contributed by atoms with E-state index in [1.165, 1.54) is 6.92 Å². The smallest absolute Gasteiger partial charge is 0.253 e. The molecule has 1 saturated heterocycles. The molecule has 8 nitrogen and oxygen atoms in total. The Hall–Kier alpha value is -3.39. The van der Waals surface area contributed by atoms with E-state index in [0.717, 1.165) is 11.3 Å². The molecule has 4 rings (SSSR count). The lowest BCUT2D eigenvalue weighted by molar-refractivity contribution is -0.122.